The van der Waals surface area contributed by atoms with Crippen LogP contribution >= 0.6 is 0 Å². The first-order valence-electron chi connectivity index (χ1n) is 6.69. The molecule has 0 bridgehead atoms. The van der Waals surface area contributed by atoms with Crippen LogP contribution in [0.3, 0.4) is 0 Å². The number of hydrogen-bond donors (Lipinski definition) is 2. The molecule has 0 spiro atoms. The van der Waals surface area contributed by atoms with Crippen molar-refractivity contribution >= 4 is 11.6 Å². The van der Waals surface area contributed by atoms with Gasteiger partial charge >= 0.3 is 0 Å². The summed E-state index contributed by atoms with van der Waals surface area (Å²) >= 11 is 0. The molecule has 1 aromatic heterocycles. The van der Waals surface area contributed by atoms with Crippen molar-refractivity contribution in [3.05, 3.63) is 53.3 Å². The van der Waals surface area contributed by atoms with E-state index in [0.29, 0.717) is 22.7 Å². The van der Waals surface area contributed by atoms with Crippen LogP contribution in [-0.4, -0.2) is 29.2 Å². The van der Waals surface area contributed by atoms with Crippen molar-refractivity contribution < 1.29 is 14.6 Å². The molecule has 0 saturated carbocycles. The smallest absolute Gasteiger partial charge is 0.257 e. The normalized spacial score (nSPS) is 10.2. The number of rotatable bonds is 5. The fourth-order valence-electron chi connectivity index (χ4n) is 1.92. The third-order valence-corrected chi connectivity index (χ3v) is 2.94. The second-order valence-electron chi connectivity index (χ2n) is 4.64. The summed E-state index contributed by atoms with van der Waals surface area (Å²) in [7, 11) is 0. The summed E-state index contributed by atoms with van der Waals surface area (Å²) in [6.07, 6.45) is 0. The second kappa shape index (κ2) is 6.85. The molecule has 2 N–H and O–H groups in total. The molecule has 0 fully saturated rings. The lowest BCUT2D eigenvalue weighted by molar-refractivity contribution is 0.102. The Labute approximate surface area is 123 Å². The predicted molar refractivity (Wildman–Crippen MR) is 80.7 cm³/mol. The average Bonchev–Trinajstić information content (AvgIpc) is 2.46. The molecule has 2 aromatic rings. The summed E-state index contributed by atoms with van der Waals surface area (Å²) in [5.41, 5.74) is 2.82. The fraction of sp³-hybridized carbons (Fsp3) is 0.250. The van der Waals surface area contributed by atoms with Gasteiger partial charge in [-0.1, -0.05) is 0 Å². The molecule has 110 valence electrons. The standard InChI is InChI=1S/C16H18N2O3/c1-11-3-8-15(12(2)17-11)16(20)18-13-4-6-14(7-5-13)21-10-9-19/h3-8,19H,9-10H2,1-2H3,(H,18,20). The molecule has 0 aliphatic heterocycles. The van der Waals surface area contributed by atoms with Gasteiger partial charge in [0.2, 0.25) is 0 Å². The SMILES string of the molecule is Cc1ccc(C(=O)Nc2ccc(OCCO)cc2)c(C)n1. The van der Waals surface area contributed by atoms with Crippen LogP contribution < -0.4 is 10.1 Å². The van der Waals surface area contributed by atoms with Crippen molar-refractivity contribution in [2.24, 2.45) is 0 Å². The van der Waals surface area contributed by atoms with Crippen LogP contribution in [0.25, 0.3) is 0 Å². The Bertz CT molecular complexity index is 624. The number of aryl methyl sites for hydroxylation is 2. The van der Waals surface area contributed by atoms with Gasteiger partial charge in [-0.05, 0) is 50.2 Å². The molecule has 0 aliphatic carbocycles. The Morgan fingerprint density at radius 2 is 1.90 bits per heavy atom. The van der Waals surface area contributed by atoms with Gasteiger partial charge in [0, 0.05) is 11.4 Å². The molecular formula is C16H18N2O3. The van der Waals surface area contributed by atoms with Gasteiger partial charge in [-0.2, -0.15) is 0 Å². The maximum Gasteiger partial charge on any atom is 0.257 e. The highest BCUT2D eigenvalue weighted by atomic mass is 16.5. The lowest BCUT2D eigenvalue weighted by Crippen LogP contribution is -2.14. The first-order valence-corrected chi connectivity index (χ1v) is 6.69. The van der Waals surface area contributed by atoms with Crippen molar-refractivity contribution in [1.82, 2.24) is 4.98 Å². The van der Waals surface area contributed by atoms with Crippen molar-refractivity contribution in [1.29, 1.82) is 0 Å². The third kappa shape index (κ3) is 4.03. The Kier molecular flexibility index (Phi) is 4.90. The Morgan fingerprint density at radius 1 is 1.19 bits per heavy atom. The zero-order chi connectivity index (χ0) is 15.2. The summed E-state index contributed by atoms with van der Waals surface area (Å²) in [5.74, 6) is 0.458. The van der Waals surface area contributed by atoms with Gasteiger partial charge in [0.15, 0.2) is 0 Å². The van der Waals surface area contributed by atoms with Crippen LogP contribution in [0.1, 0.15) is 21.7 Å². The summed E-state index contributed by atoms with van der Waals surface area (Å²) < 4.78 is 5.26. The van der Waals surface area contributed by atoms with Gasteiger partial charge in [0.05, 0.1) is 17.9 Å². The van der Waals surface area contributed by atoms with E-state index in [2.05, 4.69) is 10.3 Å². The highest BCUT2D eigenvalue weighted by Gasteiger charge is 2.10. The van der Waals surface area contributed by atoms with E-state index in [4.69, 9.17) is 9.84 Å². The monoisotopic (exact) mass is 286 g/mol. The summed E-state index contributed by atoms with van der Waals surface area (Å²) in [6.45, 7) is 3.92. The minimum atomic E-state index is -0.191. The molecule has 21 heavy (non-hydrogen) atoms. The first-order chi connectivity index (χ1) is 10.1. The van der Waals surface area contributed by atoms with Gasteiger partial charge < -0.3 is 15.2 Å². The predicted octanol–water partition coefficient (Wildman–Crippen LogP) is 2.32. The van der Waals surface area contributed by atoms with E-state index >= 15 is 0 Å². The minimum Gasteiger partial charge on any atom is -0.491 e. The van der Waals surface area contributed by atoms with Gasteiger partial charge in [-0.25, -0.2) is 0 Å². The van der Waals surface area contributed by atoms with Gasteiger partial charge in [-0.15, -0.1) is 0 Å². The number of benzene rings is 1. The largest absolute Gasteiger partial charge is 0.491 e. The fourth-order valence-corrected chi connectivity index (χ4v) is 1.92. The highest BCUT2D eigenvalue weighted by molar-refractivity contribution is 6.05. The van der Waals surface area contributed by atoms with Crippen molar-refractivity contribution in [2.45, 2.75) is 13.8 Å². The number of amides is 1. The van der Waals surface area contributed by atoms with Gasteiger partial charge in [0.25, 0.3) is 5.91 Å². The number of aliphatic hydroxyl groups is 1. The molecule has 1 aromatic carbocycles. The Balaban J connectivity index is 2.05. The molecule has 0 aliphatic rings. The van der Waals surface area contributed by atoms with Crippen LogP contribution in [0.2, 0.25) is 0 Å². The number of aliphatic hydroxyl groups excluding tert-OH is 1. The maximum absolute atomic E-state index is 12.2. The van der Waals surface area contributed by atoms with E-state index in [-0.39, 0.29) is 19.1 Å². The van der Waals surface area contributed by atoms with Gasteiger partial charge in [0.1, 0.15) is 12.4 Å². The van der Waals surface area contributed by atoms with Crippen molar-refractivity contribution in [2.75, 3.05) is 18.5 Å². The zero-order valence-electron chi connectivity index (χ0n) is 12.1. The molecular weight excluding hydrogens is 268 g/mol. The number of hydrogen-bond acceptors (Lipinski definition) is 4. The third-order valence-electron chi connectivity index (χ3n) is 2.94. The summed E-state index contributed by atoms with van der Waals surface area (Å²) in [5, 5.41) is 11.5. The minimum absolute atomic E-state index is 0.0296. The topological polar surface area (TPSA) is 71.5 Å². The maximum atomic E-state index is 12.2. The van der Waals surface area contributed by atoms with Crippen molar-refractivity contribution in [3.63, 3.8) is 0 Å². The molecule has 0 radical (unpaired) electrons. The number of anilines is 1. The van der Waals surface area contributed by atoms with E-state index in [0.717, 1.165) is 5.69 Å². The Hall–Kier alpha value is -2.40. The molecule has 2 rings (SSSR count). The van der Waals surface area contributed by atoms with E-state index < -0.39 is 0 Å². The molecule has 1 heterocycles. The molecule has 0 unspecified atom stereocenters. The van der Waals surface area contributed by atoms with E-state index in [1.54, 1.807) is 30.3 Å². The van der Waals surface area contributed by atoms with E-state index in [1.807, 2.05) is 19.9 Å². The highest BCUT2D eigenvalue weighted by Crippen LogP contribution is 2.17. The van der Waals surface area contributed by atoms with Crippen LogP contribution in [0.4, 0.5) is 5.69 Å². The average molecular weight is 286 g/mol. The second-order valence-corrected chi connectivity index (χ2v) is 4.64. The van der Waals surface area contributed by atoms with Crippen LogP contribution in [-0.2, 0) is 0 Å². The van der Waals surface area contributed by atoms with E-state index in [9.17, 15) is 4.79 Å². The molecule has 5 heteroatoms. The number of nitrogens with one attached hydrogen (secondary N) is 1. The molecule has 1 amide bonds. The van der Waals surface area contributed by atoms with Crippen LogP contribution in [0.15, 0.2) is 36.4 Å². The number of aromatic nitrogens is 1. The molecule has 0 saturated heterocycles. The van der Waals surface area contributed by atoms with Crippen molar-refractivity contribution in [3.8, 4) is 5.75 Å². The molecule has 5 nitrogen and oxygen atoms in total. The van der Waals surface area contributed by atoms with Crippen LogP contribution in [0.5, 0.6) is 5.75 Å². The number of carbonyl (C=O) groups excluding carboxylic acids is 1. The summed E-state index contributed by atoms with van der Waals surface area (Å²) in [6, 6.07) is 10.6. The van der Waals surface area contributed by atoms with Crippen LogP contribution in [0, 0.1) is 13.8 Å². The lowest BCUT2D eigenvalue weighted by Gasteiger charge is -2.09. The number of pyridine rings is 1. The van der Waals surface area contributed by atoms with Gasteiger partial charge in [-0.3, -0.25) is 9.78 Å². The number of carbonyl (C=O) groups is 1. The summed E-state index contributed by atoms with van der Waals surface area (Å²) in [4.78, 5) is 16.5. The zero-order valence-corrected chi connectivity index (χ0v) is 12.1. The molecule has 0 atom stereocenters. The first kappa shape index (κ1) is 15.0. The Morgan fingerprint density at radius 3 is 2.52 bits per heavy atom. The number of nitrogens with zero attached hydrogens (tertiary/aromatic N) is 1. The lowest BCUT2D eigenvalue weighted by atomic mass is 10.1. The number of ether oxygens (including phenoxy) is 1. The van der Waals surface area contributed by atoms with E-state index in [1.165, 1.54) is 0 Å². The quantitative estimate of drug-likeness (QED) is 0.885.